The van der Waals surface area contributed by atoms with Gasteiger partial charge >= 0.3 is 0 Å². The minimum atomic E-state index is -0.354. The topological polar surface area (TPSA) is 77.8 Å². The quantitative estimate of drug-likeness (QED) is 0.712. The predicted octanol–water partition coefficient (Wildman–Crippen LogP) is 2.53. The van der Waals surface area contributed by atoms with Crippen LogP contribution in [0.1, 0.15) is 61.9 Å². The van der Waals surface area contributed by atoms with Crippen molar-refractivity contribution < 1.29 is 14.0 Å². The van der Waals surface area contributed by atoms with Crippen LogP contribution < -0.4 is 10.6 Å². The fraction of sp³-hybridized carbons (Fsp3) is 0.682. The van der Waals surface area contributed by atoms with Gasteiger partial charge in [-0.3, -0.25) is 9.59 Å². The maximum atomic E-state index is 12.5. The number of hydrogen-bond acceptors (Lipinski definition) is 4. The highest BCUT2D eigenvalue weighted by Crippen LogP contribution is 2.40. The Bertz CT molecular complexity index is 752. The average molecular weight is 433 g/mol. The second kappa shape index (κ2) is 9.37. The molecular weight excluding hydrogens is 400 g/mol. The number of likely N-dealkylation sites (tertiary alicyclic amines) is 2. The molecule has 164 valence electrons. The molecule has 1 saturated carbocycles. The SMILES string of the molecule is O=C(NCC(=O)N1CCC2(CC1)CCN(C(=S)NC1CCCCC1)C2)c1ccco1. The summed E-state index contributed by atoms with van der Waals surface area (Å²) in [6.07, 6.45) is 11.0. The number of carbonyl (C=O) groups excluding carboxylic acids is 2. The summed E-state index contributed by atoms with van der Waals surface area (Å²) >= 11 is 5.71. The highest BCUT2D eigenvalue weighted by Gasteiger charge is 2.42. The van der Waals surface area contributed by atoms with Crippen molar-refractivity contribution in [2.75, 3.05) is 32.7 Å². The first kappa shape index (κ1) is 21.2. The van der Waals surface area contributed by atoms with Crippen LogP contribution >= 0.6 is 12.2 Å². The summed E-state index contributed by atoms with van der Waals surface area (Å²) in [5.41, 5.74) is 0.256. The lowest BCUT2D eigenvalue weighted by atomic mass is 9.78. The molecule has 0 bridgehead atoms. The lowest BCUT2D eigenvalue weighted by molar-refractivity contribution is -0.132. The van der Waals surface area contributed by atoms with Crippen LogP contribution in [0.5, 0.6) is 0 Å². The van der Waals surface area contributed by atoms with E-state index in [0.717, 1.165) is 50.6 Å². The van der Waals surface area contributed by atoms with E-state index >= 15 is 0 Å². The minimum Gasteiger partial charge on any atom is -0.459 e. The Kier molecular flexibility index (Phi) is 6.61. The van der Waals surface area contributed by atoms with Gasteiger partial charge in [0.05, 0.1) is 12.8 Å². The fourth-order valence-electron chi connectivity index (χ4n) is 5.02. The predicted molar refractivity (Wildman–Crippen MR) is 118 cm³/mol. The second-order valence-corrected chi connectivity index (χ2v) is 9.38. The summed E-state index contributed by atoms with van der Waals surface area (Å²) in [7, 11) is 0. The molecule has 1 aliphatic carbocycles. The number of nitrogens with one attached hydrogen (secondary N) is 2. The third-order valence-corrected chi connectivity index (χ3v) is 7.36. The zero-order valence-corrected chi connectivity index (χ0v) is 18.3. The van der Waals surface area contributed by atoms with Crippen LogP contribution in [-0.4, -0.2) is 65.5 Å². The molecule has 2 saturated heterocycles. The first-order valence-corrected chi connectivity index (χ1v) is 11.6. The molecule has 3 aliphatic rings. The molecule has 2 N–H and O–H groups in total. The van der Waals surface area contributed by atoms with E-state index in [2.05, 4.69) is 15.5 Å². The fourth-order valence-corrected chi connectivity index (χ4v) is 5.34. The van der Waals surface area contributed by atoms with E-state index in [0.29, 0.717) is 6.04 Å². The standard InChI is InChI=1S/C22H32N4O3S/c27-19(15-23-20(28)18-7-4-14-29-18)25-11-8-22(9-12-25)10-13-26(16-22)21(30)24-17-5-2-1-3-6-17/h4,7,14,17H,1-3,5-6,8-13,15-16H2,(H,23,28)(H,24,30). The van der Waals surface area contributed by atoms with E-state index in [4.69, 9.17) is 16.6 Å². The van der Waals surface area contributed by atoms with Gasteiger partial charge in [0.1, 0.15) is 0 Å². The van der Waals surface area contributed by atoms with Crippen LogP contribution in [0.25, 0.3) is 0 Å². The van der Waals surface area contributed by atoms with Gasteiger partial charge in [-0.25, -0.2) is 0 Å². The van der Waals surface area contributed by atoms with Crippen molar-refractivity contribution in [2.45, 2.75) is 57.4 Å². The summed E-state index contributed by atoms with van der Waals surface area (Å²) in [5.74, 6) is -0.161. The van der Waals surface area contributed by atoms with Crippen LogP contribution in [0.4, 0.5) is 0 Å². The highest BCUT2D eigenvalue weighted by atomic mass is 32.1. The van der Waals surface area contributed by atoms with E-state index < -0.39 is 0 Å². The van der Waals surface area contributed by atoms with Crippen LogP contribution in [0, 0.1) is 5.41 Å². The molecule has 1 aromatic heterocycles. The number of hydrogen-bond donors (Lipinski definition) is 2. The number of rotatable bonds is 4. The van der Waals surface area contributed by atoms with Crippen molar-refractivity contribution in [3.05, 3.63) is 24.2 Å². The van der Waals surface area contributed by atoms with Gasteiger partial charge in [-0.05, 0) is 61.9 Å². The van der Waals surface area contributed by atoms with Gasteiger partial charge in [-0.2, -0.15) is 0 Å². The third kappa shape index (κ3) is 4.96. The van der Waals surface area contributed by atoms with Gasteiger partial charge in [0.25, 0.3) is 5.91 Å². The van der Waals surface area contributed by atoms with Crippen LogP contribution in [-0.2, 0) is 4.79 Å². The van der Waals surface area contributed by atoms with Crippen LogP contribution in [0.15, 0.2) is 22.8 Å². The van der Waals surface area contributed by atoms with E-state index in [1.54, 1.807) is 12.1 Å². The first-order valence-electron chi connectivity index (χ1n) is 11.2. The molecule has 2 aliphatic heterocycles. The number of carbonyl (C=O) groups is 2. The summed E-state index contributed by atoms with van der Waals surface area (Å²) in [4.78, 5) is 28.7. The summed E-state index contributed by atoms with van der Waals surface area (Å²) in [6.45, 7) is 3.49. The largest absolute Gasteiger partial charge is 0.459 e. The smallest absolute Gasteiger partial charge is 0.287 e. The van der Waals surface area contributed by atoms with Crippen LogP contribution in [0.2, 0.25) is 0 Å². The maximum Gasteiger partial charge on any atom is 0.287 e. The van der Waals surface area contributed by atoms with E-state index in [9.17, 15) is 9.59 Å². The van der Waals surface area contributed by atoms with Crippen molar-refractivity contribution in [2.24, 2.45) is 5.41 Å². The average Bonchev–Trinajstić information content (AvgIpc) is 3.44. The Morgan fingerprint density at radius 1 is 1.10 bits per heavy atom. The summed E-state index contributed by atoms with van der Waals surface area (Å²) < 4.78 is 5.06. The van der Waals surface area contributed by atoms with Gasteiger partial charge in [0.2, 0.25) is 5.91 Å². The van der Waals surface area contributed by atoms with Gasteiger partial charge in [0.15, 0.2) is 10.9 Å². The molecule has 1 spiro atoms. The normalized spacial score (nSPS) is 21.6. The van der Waals surface area contributed by atoms with Crippen molar-refractivity contribution in [3.8, 4) is 0 Å². The van der Waals surface area contributed by atoms with Crippen molar-refractivity contribution in [1.29, 1.82) is 0 Å². The van der Waals surface area contributed by atoms with E-state index in [-0.39, 0.29) is 29.5 Å². The molecule has 3 heterocycles. The van der Waals surface area contributed by atoms with E-state index in [1.807, 2.05) is 4.90 Å². The third-order valence-electron chi connectivity index (χ3n) is 6.98. The Hall–Kier alpha value is -2.09. The molecule has 3 fully saturated rings. The zero-order chi connectivity index (χ0) is 21.0. The molecule has 2 amide bonds. The molecule has 0 unspecified atom stereocenters. The van der Waals surface area contributed by atoms with Crippen molar-refractivity contribution >= 4 is 29.1 Å². The molecule has 8 heteroatoms. The Balaban J connectivity index is 1.20. The molecular formula is C22H32N4O3S. The molecule has 0 radical (unpaired) electrons. The maximum absolute atomic E-state index is 12.5. The van der Waals surface area contributed by atoms with Crippen LogP contribution in [0.3, 0.4) is 0 Å². The first-order chi connectivity index (χ1) is 14.5. The van der Waals surface area contributed by atoms with Crippen molar-refractivity contribution in [1.82, 2.24) is 20.4 Å². The molecule has 1 aromatic rings. The van der Waals surface area contributed by atoms with Crippen molar-refractivity contribution in [3.63, 3.8) is 0 Å². The van der Waals surface area contributed by atoms with Gasteiger partial charge in [-0.15, -0.1) is 0 Å². The lowest BCUT2D eigenvalue weighted by Gasteiger charge is -2.39. The minimum absolute atomic E-state index is 0.00799. The Morgan fingerprint density at radius 2 is 1.80 bits per heavy atom. The second-order valence-electron chi connectivity index (χ2n) is 9.00. The Labute approximate surface area is 183 Å². The molecule has 30 heavy (non-hydrogen) atoms. The summed E-state index contributed by atoms with van der Waals surface area (Å²) in [5, 5.41) is 7.15. The van der Waals surface area contributed by atoms with Gasteiger partial charge in [0, 0.05) is 32.2 Å². The molecule has 0 aromatic carbocycles. The number of thiocarbonyl (C=S) groups is 1. The van der Waals surface area contributed by atoms with E-state index in [1.165, 1.54) is 38.4 Å². The molecule has 0 atom stereocenters. The monoisotopic (exact) mass is 432 g/mol. The summed E-state index contributed by atoms with van der Waals surface area (Å²) in [6, 6.07) is 3.78. The number of piperidine rings is 1. The zero-order valence-electron chi connectivity index (χ0n) is 17.5. The lowest BCUT2D eigenvalue weighted by Crippen LogP contribution is -2.49. The molecule has 7 nitrogen and oxygen atoms in total. The number of nitrogens with zero attached hydrogens (tertiary/aromatic N) is 2. The number of furan rings is 1. The molecule has 4 rings (SSSR count). The number of amides is 2. The van der Waals surface area contributed by atoms with Gasteiger partial charge in [-0.1, -0.05) is 19.3 Å². The highest BCUT2D eigenvalue weighted by molar-refractivity contribution is 7.80. The van der Waals surface area contributed by atoms with Gasteiger partial charge < -0.3 is 24.9 Å². The Morgan fingerprint density at radius 3 is 2.47 bits per heavy atom.